The predicted molar refractivity (Wildman–Crippen MR) is 95.1 cm³/mol. The highest BCUT2D eigenvalue weighted by atomic mass is 16.2. The SMILES string of the molecule is CC1(C(=O)N2CCN(C/C=C/c3ccccc3)CC2)CCCC1. The summed E-state index contributed by atoms with van der Waals surface area (Å²) in [4.78, 5) is 17.3. The number of piperazine rings is 1. The molecule has 0 atom stereocenters. The zero-order valence-corrected chi connectivity index (χ0v) is 14.2. The van der Waals surface area contributed by atoms with Crippen LogP contribution in [0.15, 0.2) is 36.4 Å². The minimum atomic E-state index is -0.0740. The number of nitrogens with zero attached hydrogens (tertiary/aromatic N) is 2. The van der Waals surface area contributed by atoms with Crippen molar-refractivity contribution in [2.45, 2.75) is 32.6 Å². The largest absolute Gasteiger partial charge is 0.340 e. The van der Waals surface area contributed by atoms with Crippen molar-refractivity contribution in [2.75, 3.05) is 32.7 Å². The number of rotatable bonds is 4. The molecule has 0 spiro atoms. The number of amides is 1. The van der Waals surface area contributed by atoms with Crippen molar-refractivity contribution < 1.29 is 4.79 Å². The Hall–Kier alpha value is -1.61. The van der Waals surface area contributed by atoms with Crippen LogP contribution in [0, 0.1) is 5.41 Å². The average molecular weight is 312 g/mol. The van der Waals surface area contributed by atoms with E-state index >= 15 is 0 Å². The van der Waals surface area contributed by atoms with E-state index in [4.69, 9.17) is 0 Å². The van der Waals surface area contributed by atoms with Gasteiger partial charge in [-0.1, -0.05) is 62.2 Å². The van der Waals surface area contributed by atoms with Gasteiger partial charge in [0.2, 0.25) is 5.91 Å². The van der Waals surface area contributed by atoms with Crippen LogP contribution < -0.4 is 0 Å². The lowest BCUT2D eigenvalue weighted by molar-refractivity contribution is -0.142. The zero-order valence-electron chi connectivity index (χ0n) is 14.2. The number of hydrogen-bond acceptors (Lipinski definition) is 2. The molecule has 1 amide bonds. The molecule has 124 valence electrons. The Labute approximate surface area is 140 Å². The first-order valence-electron chi connectivity index (χ1n) is 8.91. The summed E-state index contributed by atoms with van der Waals surface area (Å²) in [6, 6.07) is 10.4. The third kappa shape index (κ3) is 4.03. The Balaban J connectivity index is 1.45. The van der Waals surface area contributed by atoms with Gasteiger partial charge in [0.1, 0.15) is 0 Å². The quantitative estimate of drug-likeness (QED) is 0.850. The summed E-state index contributed by atoms with van der Waals surface area (Å²) in [7, 11) is 0. The highest BCUT2D eigenvalue weighted by Crippen LogP contribution is 2.39. The molecule has 1 aliphatic carbocycles. The van der Waals surface area contributed by atoms with Crippen LogP contribution in [0.4, 0.5) is 0 Å². The second-order valence-corrected chi connectivity index (χ2v) is 7.17. The molecule has 1 saturated carbocycles. The van der Waals surface area contributed by atoms with Crippen molar-refractivity contribution in [1.82, 2.24) is 9.80 Å². The lowest BCUT2D eigenvalue weighted by atomic mass is 9.87. The minimum absolute atomic E-state index is 0.0740. The Morgan fingerprint density at radius 2 is 1.74 bits per heavy atom. The molecule has 0 bridgehead atoms. The normalized spacial score (nSPS) is 21.9. The van der Waals surface area contributed by atoms with Gasteiger partial charge < -0.3 is 4.90 Å². The molecule has 0 radical (unpaired) electrons. The molecule has 3 rings (SSSR count). The third-order valence-corrected chi connectivity index (χ3v) is 5.36. The van der Waals surface area contributed by atoms with E-state index in [9.17, 15) is 4.79 Å². The molecule has 0 unspecified atom stereocenters. The van der Waals surface area contributed by atoms with Gasteiger partial charge in [0.05, 0.1) is 0 Å². The summed E-state index contributed by atoms with van der Waals surface area (Å²) in [6.45, 7) is 6.87. The van der Waals surface area contributed by atoms with E-state index in [1.807, 2.05) is 6.07 Å². The molecule has 2 fully saturated rings. The molecule has 1 aromatic carbocycles. The molecule has 3 nitrogen and oxygen atoms in total. The number of carbonyl (C=O) groups is 1. The third-order valence-electron chi connectivity index (χ3n) is 5.36. The summed E-state index contributed by atoms with van der Waals surface area (Å²) in [6.07, 6.45) is 8.99. The van der Waals surface area contributed by atoms with Gasteiger partial charge in [0.25, 0.3) is 0 Å². The summed E-state index contributed by atoms with van der Waals surface area (Å²) in [5.74, 6) is 0.398. The molecule has 1 heterocycles. The molecule has 2 aliphatic rings. The maximum absolute atomic E-state index is 12.7. The van der Waals surface area contributed by atoms with Gasteiger partial charge in [-0.25, -0.2) is 0 Å². The van der Waals surface area contributed by atoms with Crippen LogP contribution in [0.2, 0.25) is 0 Å². The van der Waals surface area contributed by atoms with Crippen LogP contribution in [-0.4, -0.2) is 48.4 Å². The van der Waals surface area contributed by atoms with Crippen molar-refractivity contribution in [3.63, 3.8) is 0 Å². The molecule has 0 aromatic heterocycles. The maximum atomic E-state index is 12.7. The first kappa shape index (κ1) is 16.3. The Morgan fingerprint density at radius 1 is 1.09 bits per heavy atom. The highest BCUT2D eigenvalue weighted by molar-refractivity contribution is 5.82. The summed E-state index contributed by atoms with van der Waals surface area (Å²) in [5.41, 5.74) is 1.17. The van der Waals surface area contributed by atoms with Crippen LogP contribution >= 0.6 is 0 Å². The van der Waals surface area contributed by atoms with Crippen LogP contribution in [0.3, 0.4) is 0 Å². The van der Waals surface area contributed by atoms with Crippen molar-refractivity contribution in [1.29, 1.82) is 0 Å². The van der Waals surface area contributed by atoms with Gasteiger partial charge in [-0.2, -0.15) is 0 Å². The monoisotopic (exact) mass is 312 g/mol. The molecule has 1 saturated heterocycles. The van der Waals surface area contributed by atoms with Gasteiger partial charge in [-0.15, -0.1) is 0 Å². The standard InChI is InChI=1S/C20H28N2O/c1-20(11-5-6-12-20)19(23)22-16-14-21(15-17-22)13-7-10-18-8-3-2-4-9-18/h2-4,7-10H,5-6,11-17H2,1H3/b10-7+. The first-order chi connectivity index (χ1) is 11.2. The molecule has 23 heavy (non-hydrogen) atoms. The van der Waals surface area contributed by atoms with E-state index in [2.05, 4.69) is 53.1 Å². The topological polar surface area (TPSA) is 23.6 Å². The van der Waals surface area contributed by atoms with Gasteiger partial charge in [-0.3, -0.25) is 9.69 Å². The van der Waals surface area contributed by atoms with E-state index in [1.54, 1.807) is 0 Å². The lowest BCUT2D eigenvalue weighted by Crippen LogP contribution is -2.52. The fraction of sp³-hybridized carbons (Fsp3) is 0.550. The number of benzene rings is 1. The van der Waals surface area contributed by atoms with E-state index in [0.29, 0.717) is 5.91 Å². The maximum Gasteiger partial charge on any atom is 0.228 e. The smallest absolute Gasteiger partial charge is 0.228 e. The van der Waals surface area contributed by atoms with Gasteiger partial charge in [-0.05, 0) is 18.4 Å². The van der Waals surface area contributed by atoms with Crippen molar-refractivity contribution >= 4 is 12.0 Å². The molecule has 3 heteroatoms. The van der Waals surface area contributed by atoms with Crippen LogP contribution in [0.1, 0.15) is 38.2 Å². The molecule has 1 aromatic rings. The minimum Gasteiger partial charge on any atom is -0.340 e. The summed E-state index contributed by atoms with van der Waals surface area (Å²) < 4.78 is 0. The van der Waals surface area contributed by atoms with E-state index < -0.39 is 0 Å². The molecule has 0 N–H and O–H groups in total. The van der Waals surface area contributed by atoms with E-state index in [0.717, 1.165) is 45.6 Å². The van der Waals surface area contributed by atoms with Crippen molar-refractivity contribution in [3.8, 4) is 0 Å². The Morgan fingerprint density at radius 3 is 2.39 bits per heavy atom. The van der Waals surface area contributed by atoms with Crippen molar-refractivity contribution in [2.24, 2.45) is 5.41 Å². The van der Waals surface area contributed by atoms with Gasteiger partial charge in [0, 0.05) is 38.1 Å². The summed E-state index contributed by atoms with van der Waals surface area (Å²) in [5, 5.41) is 0. The zero-order chi connectivity index (χ0) is 16.1. The van der Waals surface area contributed by atoms with Crippen LogP contribution in [0.25, 0.3) is 6.08 Å². The molecular formula is C20H28N2O. The van der Waals surface area contributed by atoms with Gasteiger partial charge >= 0.3 is 0 Å². The van der Waals surface area contributed by atoms with E-state index in [1.165, 1.54) is 18.4 Å². The Bertz CT molecular complexity index is 538. The fourth-order valence-electron chi connectivity index (χ4n) is 3.79. The van der Waals surface area contributed by atoms with E-state index in [-0.39, 0.29) is 5.41 Å². The fourth-order valence-corrected chi connectivity index (χ4v) is 3.79. The van der Waals surface area contributed by atoms with Crippen LogP contribution in [0.5, 0.6) is 0 Å². The molecular weight excluding hydrogens is 284 g/mol. The first-order valence-corrected chi connectivity index (χ1v) is 8.91. The average Bonchev–Trinajstić information content (AvgIpc) is 3.04. The predicted octanol–water partition coefficient (Wildman–Crippen LogP) is 3.42. The number of carbonyl (C=O) groups excluding carboxylic acids is 1. The number of hydrogen-bond donors (Lipinski definition) is 0. The highest BCUT2D eigenvalue weighted by Gasteiger charge is 2.39. The van der Waals surface area contributed by atoms with Crippen molar-refractivity contribution in [3.05, 3.63) is 42.0 Å². The lowest BCUT2D eigenvalue weighted by Gasteiger charge is -2.38. The second kappa shape index (κ2) is 7.31. The molecule has 1 aliphatic heterocycles. The second-order valence-electron chi connectivity index (χ2n) is 7.17. The summed E-state index contributed by atoms with van der Waals surface area (Å²) >= 11 is 0. The van der Waals surface area contributed by atoms with Crippen LogP contribution in [-0.2, 0) is 4.79 Å². The Kier molecular flexibility index (Phi) is 5.16. The van der Waals surface area contributed by atoms with Gasteiger partial charge in [0.15, 0.2) is 0 Å².